The molecule has 0 radical (unpaired) electrons. The van der Waals surface area contributed by atoms with Gasteiger partial charge in [-0.3, -0.25) is 4.79 Å². The van der Waals surface area contributed by atoms with Crippen molar-refractivity contribution in [3.8, 4) is 11.5 Å². The van der Waals surface area contributed by atoms with Gasteiger partial charge in [0.1, 0.15) is 11.6 Å². The highest BCUT2D eigenvalue weighted by atomic mass is 16.7. The van der Waals surface area contributed by atoms with Gasteiger partial charge >= 0.3 is 6.09 Å². The summed E-state index contributed by atoms with van der Waals surface area (Å²) in [5.74, 6) is 1.05. The lowest BCUT2D eigenvalue weighted by molar-refractivity contribution is -0.123. The van der Waals surface area contributed by atoms with Crippen LogP contribution in [0, 0.1) is 0 Å². The fourth-order valence-electron chi connectivity index (χ4n) is 2.87. The average molecular weight is 398 g/mol. The molecule has 1 aliphatic rings. The number of hydrogen-bond donors (Lipinski definition) is 2. The Kier molecular flexibility index (Phi) is 6.26. The molecule has 0 bridgehead atoms. The van der Waals surface area contributed by atoms with Crippen LogP contribution in [0.4, 0.5) is 4.79 Å². The number of alkyl carbamates (subject to hydrolysis) is 1. The van der Waals surface area contributed by atoms with Crippen molar-refractivity contribution in [2.45, 2.75) is 45.4 Å². The molecule has 0 saturated heterocycles. The number of carbonyl (C=O) groups is 2. The first-order valence-corrected chi connectivity index (χ1v) is 9.50. The second-order valence-electron chi connectivity index (χ2n) is 7.79. The maximum Gasteiger partial charge on any atom is 0.408 e. The number of carbonyl (C=O) groups excluding carboxylic acids is 2. The molecule has 0 aromatic heterocycles. The number of nitrogens with one attached hydrogen (secondary N) is 2. The van der Waals surface area contributed by atoms with Crippen molar-refractivity contribution in [2.75, 3.05) is 6.79 Å². The van der Waals surface area contributed by atoms with Gasteiger partial charge in [0.25, 0.3) is 0 Å². The van der Waals surface area contributed by atoms with E-state index < -0.39 is 17.7 Å². The van der Waals surface area contributed by atoms with E-state index in [0.717, 1.165) is 11.1 Å². The third-order valence-corrected chi connectivity index (χ3v) is 4.19. The first kappa shape index (κ1) is 20.5. The molecule has 0 aliphatic carbocycles. The number of fused-ring (bicyclic) bond motifs is 1. The zero-order valence-corrected chi connectivity index (χ0v) is 16.9. The molecule has 2 aromatic carbocycles. The summed E-state index contributed by atoms with van der Waals surface area (Å²) in [5.41, 5.74) is 1.16. The lowest BCUT2D eigenvalue weighted by Crippen LogP contribution is -2.49. The lowest BCUT2D eigenvalue weighted by atomic mass is 10.1. The van der Waals surface area contributed by atoms with Crippen LogP contribution in [-0.2, 0) is 22.5 Å². The summed E-state index contributed by atoms with van der Waals surface area (Å²) in [6, 6.07) is 14.3. The zero-order valence-electron chi connectivity index (χ0n) is 16.9. The first-order valence-electron chi connectivity index (χ1n) is 9.50. The highest BCUT2D eigenvalue weighted by Crippen LogP contribution is 2.32. The Morgan fingerprint density at radius 1 is 1.03 bits per heavy atom. The Morgan fingerprint density at radius 2 is 1.76 bits per heavy atom. The second kappa shape index (κ2) is 8.86. The largest absolute Gasteiger partial charge is 0.454 e. The van der Waals surface area contributed by atoms with E-state index in [9.17, 15) is 9.59 Å². The highest BCUT2D eigenvalue weighted by Gasteiger charge is 2.25. The van der Waals surface area contributed by atoms with Gasteiger partial charge in [-0.25, -0.2) is 4.79 Å². The molecule has 1 aliphatic heterocycles. The van der Waals surface area contributed by atoms with Gasteiger partial charge in [-0.1, -0.05) is 36.4 Å². The third kappa shape index (κ3) is 6.14. The van der Waals surface area contributed by atoms with E-state index in [-0.39, 0.29) is 12.7 Å². The number of rotatable bonds is 6. The number of hydrogen-bond acceptors (Lipinski definition) is 5. The van der Waals surface area contributed by atoms with Gasteiger partial charge in [-0.2, -0.15) is 0 Å². The summed E-state index contributed by atoms with van der Waals surface area (Å²) >= 11 is 0. The van der Waals surface area contributed by atoms with E-state index >= 15 is 0 Å². The monoisotopic (exact) mass is 398 g/mol. The maximum atomic E-state index is 12.8. The molecule has 2 N–H and O–H groups in total. The average Bonchev–Trinajstić information content (AvgIpc) is 3.12. The van der Waals surface area contributed by atoms with Gasteiger partial charge in [0, 0.05) is 13.0 Å². The van der Waals surface area contributed by atoms with Gasteiger partial charge in [0.2, 0.25) is 12.7 Å². The van der Waals surface area contributed by atoms with Gasteiger partial charge in [0.05, 0.1) is 0 Å². The van der Waals surface area contributed by atoms with E-state index in [2.05, 4.69) is 10.6 Å². The van der Waals surface area contributed by atoms with Crippen molar-refractivity contribution in [3.63, 3.8) is 0 Å². The Hall–Kier alpha value is -3.22. The van der Waals surface area contributed by atoms with Crippen molar-refractivity contribution in [1.29, 1.82) is 0 Å². The van der Waals surface area contributed by atoms with E-state index in [1.807, 2.05) is 48.5 Å². The molecule has 154 valence electrons. The van der Waals surface area contributed by atoms with E-state index in [1.54, 1.807) is 20.8 Å². The SMILES string of the molecule is CC(C)(C)OC(=O)NC(Cc1ccccc1)C(=O)NCc1ccc2c(c1)OCO2. The molecule has 7 nitrogen and oxygen atoms in total. The smallest absolute Gasteiger partial charge is 0.408 e. The number of ether oxygens (including phenoxy) is 3. The van der Waals surface area contributed by atoms with Crippen LogP contribution in [0.5, 0.6) is 11.5 Å². The van der Waals surface area contributed by atoms with Gasteiger partial charge < -0.3 is 24.8 Å². The Balaban J connectivity index is 1.65. The molecule has 7 heteroatoms. The fourth-order valence-corrected chi connectivity index (χ4v) is 2.87. The predicted molar refractivity (Wildman–Crippen MR) is 108 cm³/mol. The molecule has 0 saturated carbocycles. The molecule has 1 heterocycles. The predicted octanol–water partition coefficient (Wildman–Crippen LogP) is 3.17. The summed E-state index contributed by atoms with van der Waals surface area (Å²) in [6.45, 7) is 5.83. The summed E-state index contributed by atoms with van der Waals surface area (Å²) in [6.07, 6.45) is -0.274. The van der Waals surface area contributed by atoms with E-state index in [1.165, 1.54) is 0 Å². The maximum absolute atomic E-state index is 12.8. The lowest BCUT2D eigenvalue weighted by Gasteiger charge is -2.23. The number of amides is 2. The van der Waals surface area contributed by atoms with Crippen LogP contribution in [0.3, 0.4) is 0 Å². The van der Waals surface area contributed by atoms with Crippen LogP contribution in [0.1, 0.15) is 31.9 Å². The fraction of sp³-hybridized carbons (Fsp3) is 0.364. The van der Waals surface area contributed by atoms with Crippen LogP contribution >= 0.6 is 0 Å². The molecule has 1 atom stereocenters. The Labute approximate surface area is 170 Å². The molecule has 3 rings (SSSR count). The summed E-state index contributed by atoms with van der Waals surface area (Å²) in [4.78, 5) is 25.0. The minimum absolute atomic E-state index is 0.199. The van der Waals surface area contributed by atoms with Gasteiger partial charge in [-0.15, -0.1) is 0 Å². The molecule has 0 fully saturated rings. The van der Waals surface area contributed by atoms with Crippen molar-refractivity contribution < 1.29 is 23.8 Å². The van der Waals surface area contributed by atoms with Crippen LogP contribution in [0.25, 0.3) is 0 Å². The molecule has 2 aromatic rings. The molecule has 0 spiro atoms. The van der Waals surface area contributed by atoms with Gasteiger partial charge in [0.15, 0.2) is 11.5 Å². The minimum Gasteiger partial charge on any atom is -0.454 e. The Bertz CT molecular complexity index is 861. The summed E-state index contributed by atoms with van der Waals surface area (Å²) in [5, 5.41) is 5.55. The third-order valence-electron chi connectivity index (χ3n) is 4.19. The van der Waals surface area contributed by atoms with Crippen molar-refractivity contribution in [1.82, 2.24) is 10.6 Å². The molecular formula is C22H26N2O5. The summed E-state index contributed by atoms with van der Waals surface area (Å²) < 4.78 is 16.0. The molecule has 29 heavy (non-hydrogen) atoms. The van der Waals surface area contributed by atoms with E-state index in [0.29, 0.717) is 24.5 Å². The number of benzene rings is 2. The normalized spacial score (nSPS) is 13.5. The van der Waals surface area contributed by atoms with Crippen LogP contribution < -0.4 is 20.1 Å². The highest BCUT2D eigenvalue weighted by molar-refractivity contribution is 5.86. The standard InChI is InChI=1S/C22H26N2O5/c1-22(2,3)29-21(26)24-17(11-15-7-5-4-6-8-15)20(25)23-13-16-9-10-18-19(12-16)28-14-27-18/h4-10,12,17H,11,13-14H2,1-3H3,(H,23,25)(H,24,26). The van der Waals surface area contributed by atoms with Crippen LogP contribution in [0.2, 0.25) is 0 Å². The second-order valence-corrected chi connectivity index (χ2v) is 7.79. The van der Waals surface area contributed by atoms with Crippen molar-refractivity contribution in [3.05, 3.63) is 59.7 Å². The van der Waals surface area contributed by atoms with Crippen LogP contribution in [-0.4, -0.2) is 30.4 Å². The Morgan fingerprint density at radius 3 is 2.48 bits per heavy atom. The first-order chi connectivity index (χ1) is 13.8. The van der Waals surface area contributed by atoms with Gasteiger partial charge in [-0.05, 0) is 44.0 Å². The minimum atomic E-state index is -0.763. The van der Waals surface area contributed by atoms with Crippen molar-refractivity contribution >= 4 is 12.0 Å². The van der Waals surface area contributed by atoms with Crippen LogP contribution in [0.15, 0.2) is 48.5 Å². The zero-order chi connectivity index (χ0) is 20.9. The summed E-state index contributed by atoms with van der Waals surface area (Å²) in [7, 11) is 0. The topological polar surface area (TPSA) is 85.9 Å². The molecular weight excluding hydrogens is 372 g/mol. The quantitative estimate of drug-likeness (QED) is 0.781. The molecule has 1 unspecified atom stereocenters. The molecule has 2 amide bonds. The van der Waals surface area contributed by atoms with Crippen molar-refractivity contribution in [2.24, 2.45) is 0 Å². The van der Waals surface area contributed by atoms with E-state index in [4.69, 9.17) is 14.2 Å².